The molecule has 0 amide bonds. The van der Waals surface area contributed by atoms with Gasteiger partial charge in [-0.1, -0.05) is 30.7 Å². The zero-order valence-corrected chi connectivity index (χ0v) is 12.2. The van der Waals surface area contributed by atoms with Gasteiger partial charge in [-0.15, -0.1) is 0 Å². The van der Waals surface area contributed by atoms with Crippen LogP contribution in [0, 0.1) is 6.92 Å². The molecule has 4 heteroatoms. The fourth-order valence-corrected chi connectivity index (χ4v) is 2.40. The van der Waals surface area contributed by atoms with E-state index in [1.165, 1.54) is 5.56 Å². The second-order valence-electron chi connectivity index (χ2n) is 4.78. The lowest BCUT2D eigenvalue weighted by Gasteiger charge is -2.17. The van der Waals surface area contributed by atoms with Gasteiger partial charge in [0.1, 0.15) is 5.82 Å². The van der Waals surface area contributed by atoms with Crippen molar-refractivity contribution >= 4 is 11.6 Å². The Hall–Kier alpha value is -1.32. The molecular formula is C15H20ClN3. The van der Waals surface area contributed by atoms with E-state index in [9.17, 15) is 0 Å². The van der Waals surface area contributed by atoms with Crippen LogP contribution < -0.4 is 5.32 Å². The molecule has 0 aliphatic carbocycles. The smallest absolute Gasteiger partial charge is 0.123 e. The second kappa shape index (κ2) is 6.73. The highest BCUT2D eigenvalue weighted by Crippen LogP contribution is 2.23. The SMILES string of the molecule is CCCNC(Cc1ccc(C)cc1Cl)c1ncc[nH]1. The van der Waals surface area contributed by atoms with Gasteiger partial charge in [0.15, 0.2) is 0 Å². The van der Waals surface area contributed by atoms with Gasteiger partial charge in [-0.05, 0) is 43.5 Å². The number of imidazole rings is 1. The van der Waals surface area contributed by atoms with Crippen molar-refractivity contribution in [3.05, 3.63) is 52.6 Å². The summed E-state index contributed by atoms with van der Waals surface area (Å²) < 4.78 is 0. The van der Waals surface area contributed by atoms with E-state index < -0.39 is 0 Å². The summed E-state index contributed by atoms with van der Waals surface area (Å²) in [5.41, 5.74) is 2.34. The Labute approximate surface area is 119 Å². The Balaban J connectivity index is 2.15. The van der Waals surface area contributed by atoms with E-state index in [0.717, 1.165) is 35.8 Å². The first kappa shape index (κ1) is 14.1. The zero-order chi connectivity index (χ0) is 13.7. The third kappa shape index (κ3) is 3.82. The first-order chi connectivity index (χ1) is 9.20. The van der Waals surface area contributed by atoms with Crippen LogP contribution in [-0.4, -0.2) is 16.5 Å². The molecule has 1 atom stereocenters. The summed E-state index contributed by atoms with van der Waals surface area (Å²) in [6.45, 7) is 5.18. The number of halogens is 1. The molecule has 3 nitrogen and oxygen atoms in total. The topological polar surface area (TPSA) is 40.7 Å². The Kier molecular flexibility index (Phi) is 5.00. The molecule has 0 spiro atoms. The standard InChI is InChI=1S/C15H20ClN3/c1-3-6-17-14(15-18-7-8-19-15)10-12-5-4-11(2)9-13(12)16/h4-5,7-9,14,17H,3,6,10H2,1-2H3,(H,18,19). The molecule has 0 aliphatic heterocycles. The molecule has 1 aromatic carbocycles. The van der Waals surface area contributed by atoms with Gasteiger partial charge < -0.3 is 10.3 Å². The minimum absolute atomic E-state index is 0.176. The number of aromatic nitrogens is 2. The molecule has 1 aromatic heterocycles. The van der Waals surface area contributed by atoms with Crippen molar-refractivity contribution in [1.29, 1.82) is 0 Å². The van der Waals surface area contributed by atoms with E-state index in [1.54, 1.807) is 6.20 Å². The minimum Gasteiger partial charge on any atom is -0.347 e. The summed E-state index contributed by atoms with van der Waals surface area (Å²) in [6.07, 6.45) is 5.57. The van der Waals surface area contributed by atoms with Crippen LogP contribution in [0.3, 0.4) is 0 Å². The van der Waals surface area contributed by atoms with Gasteiger partial charge in [0.05, 0.1) is 6.04 Å². The molecule has 0 saturated heterocycles. The lowest BCUT2D eigenvalue weighted by molar-refractivity contribution is 0.508. The first-order valence-electron chi connectivity index (χ1n) is 6.68. The molecule has 0 radical (unpaired) electrons. The summed E-state index contributed by atoms with van der Waals surface area (Å²) in [6, 6.07) is 6.38. The van der Waals surface area contributed by atoms with E-state index in [4.69, 9.17) is 11.6 Å². The van der Waals surface area contributed by atoms with Gasteiger partial charge in [-0.2, -0.15) is 0 Å². The average Bonchev–Trinajstić information content (AvgIpc) is 2.90. The van der Waals surface area contributed by atoms with Crippen LogP contribution in [0.5, 0.6) is 0 Å². The van der Waals surface area contributed by atoms with Crippen molar-refractivity contribution in [2.24, 2.45) is 0 Å². The van der Waals surface area contributed by atoms with E-state index >= 15 is 0 Å². The molecule has 2 N–H and O–H groups in total. The molecule has 102 valence electrons. The third-order valence-electron chi connectivity index (χ3n) is 3.12. The number of H-pyrrole nitrogens is 1. The van der Waals surface area contributed by atoms with Gasteiger partial charge in [-0.3, -0.25) is 0 Å². The Bertz CT molecular complexity index is 508. The second-order valence-corrected chi connectivity index (χ2v) is 5.19. The summed E-state index contributed by atoms with van der Waals surface area (Å²) in [4.78, 5) is 7.53. The maximum absolute atomic E-state index is 6.31. The van der Waals surface area contributed by atoms with Gasteiger partial charge in [0.25, 0.3) is 0 Å². The predicted octanol–water partition coefficient (Wildman–Crippen LogP) is 3.65. The Morgan fingerprint density at radius 1 is 1.42 bits per heavy atom. The van der Waals surface area contributed by atoms with Crippen LogP contribution in [-0.2, 0) is 6.42 Å². The predicted molar refractivity (Wildman–Crippen MR) is 79.5 cm³/mol. The number of hydrogen-bond donors (Lipinski definition) is 2. The highest BCUT2D eigenvalue weighted by atomic mass is 35.5. The van der Waals surface area contributed by atoms with E-state index in [-0.39, 0.29) is 6.04 Å². The van der Waals surface area contributed by atoms with E-state index in [0.29, 0.717) is 0 Å². The average molecular weight is 278 g/mol. The largest absolute Gasteiger partial charge is 0.347 e. The minimum atomic E-state index is 0.176. The quantitative estimate of drug-likeness (QED) is 0.846. The Morgan fingerprint density at radius 3 is 2.89 bits per heavy atom. The number of nitrogens with zero attached hydrogens (tertiary/aromatic N) is 1. The lowest BCUT2D eigenvalue weighted by atomic mass is 10.0. The van der Waals surface area contributed by atoms with Crippen LogP contribution in [0.1, 0.15) is 36.3 Å². The third-order valence-corrected chi connectivity index (χ3v) is 3.47. The molecule has 0 aliphatic rings. The van der Waals surface area contributed by atoms with Crippen LogP contribution in [0.15, 0.2) is 30.6 Å². The maximum atomic E-state index is 6.31. The lowest BCUT2D eigenvalue weighted by Crippen LogP contribution is -2.25. The number of hydrogen-bond acceptors (Lipinski definition) is 2. The fourth-order valence-electron chi connectivity index (χ4n) is 2.09. The van der Waals surface area contributed by atoms with Crippen LogP contribution in [0.2, 0.25) is 5.02 Å². The zero-order valence-electron chi connectivity index (χ0n) is 11.4. The first-order valence-corrected chi connectivity index (χ1v) is 7.06. The molecule has 19 heavy (non-hydrogen) atoms. The van der Waals surface area contributed by atoms with Crippen molar-refractivity contribution < 1.29 is 0 Å². The monoisotopic (exact) mass is 277 g/mol. The summed E-state index contributed by atoms with van der Waals surface area (Å²) in [7, 11) is 0. The van der Waals surface area contributed by atoms with Gasteiger partial charge >= 0.3 is 0 Å². The van der Waals surface area contributed by atoms with Crippen molar-refractivity contribution in [3.63, 3.8) is 0 Å². The fraction of sp³-hybridized carbons (Fsp3) is 0.400. The number of benzene rings is 1. The highest BCUT2D eigenvalue weighted by Gasteiger charge is 2.15. The number of aryl methyl sites for hydroxylation is 1. The van der Waals surface area contributed by atoms with Gasteiger partial charge in [0, 0.05) is 17.4 Å². The number of aromatic amines is 1. The molecule has 0 saturated carbocycles. The van der Waals surface area contributed by atoms with Crippen molar-refractivity contribution in [3.8, 4) is 0 Å². The molecule has 0 bridgehead atoms. The molecule has 1 unspecified atom stereocenters. The molecule has 2 rings (SSSR count). The van der Waals surface area contributed by atoms with E-state index in [2.05, 4.69) is 41.3 Å². The van der Waals surface area contributed by atoms with Gasteiger partial charge in [-0.25, -0.2) is 4.98 Å². The highest BCUT2D eigenvalue weighted by molar-refractivity contribution is 6.31. The maximum Gasteiger partial charge on any atom is 0.123 e. The van der Waals surface area contributed by atoms with Crippen molar-refractivity contribution in [2.75, 3.05) is 6.54 Å². The van der Waals surface area contributed by atoms with Crippen LogP contribution in [0.25, 0.3) is 0 Å². The number of rotatable bonds is 6. The molecule has 0 fully saturated rings. The Morgan fingerprint density at radius 2 is 2.26 bits per heavy atom. The number of nitrogens with one attached hydrogen (secondary N) is 2. The summed E-state index contributed by atoms with van der Waals surface area (Å²) in [5.74, 6) is 0.963. The van der Waals surface area contributed by atoms with Crippen molar-refractivity contribution in [2.45, 2.75) is 32.7 Å². The molecule has 2 aromatic rings. The van der Waals surface area contributed by atoms with E-state index in [1.807, 2.05) is 12.3 Å². The van der Waals surface area contributed by atoms with Crippen LogP contribution >= 0.6 is 11.6 Å². The molecule has 1 heterocycles. The molecular weight excluding hydrogens is 258 g/mol. The van der Waals surface area contributed by atoms with Gasteiger partial charge in [0.2, 0.25) is 0 Å². The summed E-state index contributed by atoms with van der Waals surface area (Å²) >= 11 is 6.31. The normalized spacial score (nSPS) is 12.6. The van der Waals surface area contributed by atoms with Crippen molar-refractivity contribution in [1.82, 2.24) is 15.3 Å². The van der Waals surface area contributed by atoms with Crippen LogP contribution in [0.4, 0.5) is 0 Å². The summed E-state index contributed by atoms with van der Waals surface area (Å²) in [5, 5.41) is 4.34.